The highest BCUT2D eigenvalue weighted by Crippen LogP contribution is 2.30. The maximum atomic E-state index is 12.3. The van der Waals surface area contributed by atoms with E-state index in [4.69, 9.17) is 4.74 Å². The number of hydrogen-bond acceptors (Lipinski definition) is 4. The van der Waals surface area contributed by atoms with Gasteiger partial charge < -0.3 is 14.8 Å². The van der Waals surface area contributed by atoms with Crippen molar-refractivity contribution in [1.82, 2.24) is 5.32 Å². The summed E-state index contributed by atoms with van der Waals surface area (Å²) in [6, 6.07) is 4.35. The minimum Gasteiger partial charge on any atom is -0.493 e. The van der Waals surface area contributed by atoms with Crippen LogP contribution in [-0.2, 0) is 21.3 Å². The first-order valence-corrected chi connectivity index (χ1v) is 8.70. The quantitative estimate of drug-likeness (QED) is 0.743. The molecule has 1 N–H and O–H groups in total. The summed E-state index contributed by atoms with van der Waals surface area (Å²) in [6.45, 7) is -2.30. The molecule has 2 rings (SSSR count). The minimum absolute atomic E-state index is 0.0790. The Hall–Kier alpha value is -1.70. The van der Waals surface area contributed by atoms with Gasteiger partial charge in [0.1, 0.15) is 5.75 Å². The number of carbonyl (C=O) groups is 1. The fraction of sp³-hybridized carbons (Fsp3) is 0.533. The van der Waals surface area contributed by atoms with Crippen molar-refractivity contribution >= 4 is 16.7 Å². The molecule has 0 unspecified atom stereocenters. The molecule has 5 nitrogen and oxygen atoms in total. The number of rotatable bonds is 9. The first kappa shape index (κ1) is 17.7. The van der Waals surface area contributed by atoms with Crippen molar-refractivity contribution in [3.8, 4) is 11.5 Å². The molecule has 8 heteroatoms. The Morgan fingerprint density at radius 2 is 2.13 bits per heavy atom. The molecular weight excluding hydrogens is 328 g/mol. The molecule has 0 heterocycles. The third-order valence-corrected chi connectivity index (χ3v) is 4.59. The van der Waals surface area contributed by atoms with Crippen LogP contribution < -0.4 is 14.8 Å². The zero-order chi connectivity index (χ0) is 16.8. The van der Waals surface area contributed by atoms with Crippen LogP contribution >= 0.6 is 0 Å². The molecule has 1 aliphatic rings. The summed E-state index contributed by atoms with van der Waals surface area (Å²) in [7, 11) is -0.0465. The number of alkyl halides is 2. The van der Waals surface area contributed by atoms with Crippen LogP contribution in [0.1, 0.15) is 18.4 Å². The van der Waals surface area contributed by atoms with E-state index in [1.807, 2.05) is 0 Å². The number of hydrogen-bond donors (Lipinski definition) is 1. The Labute approximate surface area is 135 Å². The molecular formula is C15H19F2NO4S. The third-order valence-electron chi connectivity index (χ3n) is 3.35. The van der Waals surface area contributed by atoms with Gasteiger partial charge in [-0.2, -0.15) is 8.78 Å². The molecule has 1 aromatic rings. The number of ether oxygens (including phenoxy) is 2. The summed E-state index contributed by atoms with van der Waals surface area (Å²) in [5.74, 6) is 0.447. The van der Waals surface area contributed by atoms with Gasteiger partial charge in [0.15, 0.2) is 11.5 Å². The van der Waals surface area contributed by atoms with Gasteiger partial charge in [-0.15, -0.1) is 0 Å². The Balaban J connectivity index is 1.87. The maximum absolute atomic E-state index is 12.3. The highest BCUT2D eigenvalue weighted by molar-refractivity contribution is 7.84. The summed E-state index contributed by atoms with van der Waals surface area (Å²) >= 11 is 0. The maximum Gasteiger partial charge on any atom is 0.387 e. The molecule has 0 aliphatic heterocycles. The zero-order valence-electron chi connectivity index (χ0n) is 12.7. The van der Waals surface area contributed by atoms with Crippen LogP contribution in [0.2, 0.25) is 0 Å². The van der Waals surface area contributed by atoms with E-state index in [9.17, 15) is 17.8 Å². The van der Waals surface area contributed by atoms with E-state index in [0.29, 0.717) is 18.0 Å². The van der Waals surface area contributed by atoms with Crippen molar-refractivity contribution in [3.05, 3.63) is 23.8 Å². The molecule has 128 valence electrons. The molecule has 0 saturated heterocycles. The Bertz CT molecular complexity index is 579. The van der Waals surface area contributed by atoms with Gasteiger partial charge in [-0.1, -0.05) is 6.07 Å². The first-order chi connectivity index (χ1) is 11.0. The van der Waals surface area contributed by atoms with E-state index in [1.54, 1.807) is 0 Å². The normalized spacial score (nSPS) is 15.3. The molecule has 1 aromatic carbocycles. The molecule has 0 bridgehead atoms. The van der Waals surface area contributed by atoms with Crippen LogP contribution in [0.5, 0.6) is 11.5 Å². The molecule has 1 aliphatic carbocycles. The lowest BCUT2D eigenvalue weighted by Crippen LogP contribution is -2.30. The van der Waals surface area contributed by atoms with Gasteiger partial charge in [0.05, 0.1) is 7.11 Å². The molecule has 1 amide bonds. The number of amides is 1. The van der Waals surface area contributed by atoms with Crippen LogP contribution in [0.3, 0.4) is 0 Å². The summed E-state index contributed by atoms with van der Waals surface area (Å²) in [4.78, 5) is 11.6. The van der Waals surface area contributed by atoms with E-state index < -0.39 is 17.4 Å². The average molecular weight is 347 g/mol. The first-order valence-electron chi connectivity index (χ1n) is 7.21. The van der Waals surface area contributed by atoms with E-state index in [0.717, 1.165) is 12.8 Å². The van der Waals surface area contributed by atoms with Crippen molar-refractivity contribution in [2.45, 2.75) is 25.2 Å². The lowest BCUT2D eigenvalue weighted by molar-refractivity contribution is -0.118. The van der Waals surface area contributed by atoms with Gasteiger partial charge in [-0.05, 0) is 36.5 Å². The van der Waals surface area contributed by atoms with Crippen LogP contribution in [0, 0.1) is 5.92 Å². The van der Waals surface area contributed by atoms with Crippen molar-refractivity contribution in [2.24, 2.45) is 5.92 Å². The van der Waals surface area contributed by atoms with Gasteiger partial charge in [-0.3, -0.25) is 9.00 Å². The van der Waals surface area contributed by atoms with E-state index >= 15 is 0 Å². The van der Waals surface area contributed by atoms with Crippen molar-refractivity contribution in [3.63, 3.8) is 0 Å². The fourth-order valence-corrected chi connectivity index (χ4v) is 3.06. The van der Waals surface area contributed by atoms with Gasteiger partial charge in [0.25, 0.3) is 0 Å². The van der Waals surface area contributed by atoms with Crippen molar-refractivity contribution in [1.29, 1.82) is 0 Å². The summed E-state index contributed by atoms with van der Waals surface area (Å²) in [6.07, 6.45) is 2.27. The lowest BCUT2D eigenvalue weighted by Gasteiger charge is -2.11. The molecule has 1 atom stereocenters. The summed E-state index contributed by atoms with van der Waals surface area (Å²) < 4.78 is 45.8. The molecule has 1 saturated carbocycles. The molecule has 0 aromatic heterocycles. The fourth-order valence-electron chi connectivity index (χ4n) is 2.01. The number of benzene rings is 1. The van der Waals surface area contributed by atoms with Gasteiger partial charge in [0, 0.05) is 23.1 Å². The second kappa shape index (κ2) is 8.24. The monoisotopic (exact) mass is 347 g/mol. The number of halogens is 2. The van der Waals surface area contributed by atoms with E-state index in [-0.39, 0.29) is 28.9 Å². The summed E-state index contributed by atoms with van der Waals surface area (Å²) in [5.41, 5.74) is 0.622. The van der Waals surface area contributed by atoms with Gasteiger partial charge >= 0.3 is 6.61 Å². The summed E-state index contributed by atoms with van der Waals surface area (Å²) in [5, 5.41) is 2.75. The molecule has 23 heavy (non-hydrogen) atoms. The van der Waals surface area contributed by atoms with Crippen molar-refractivity contribution < 1.29 is 27.3 Å². The van der Waals surface area contributed by atoms with Gasteiger partial charge in [0.2, 0.25) is 5.91 Å². The second-order valence-electron chi connectivity index (χ2n) is 5.34. The molecule has 1 fully saturated rings. The molecule has 0 spiro atoms. The van der Waals surface area contributed by atoms with E-state index in [2.05, 4.69) is 10.1 Å². The SMILES string of the molecule is COc1cc(C[S@](=O)CC(=O)NCC2CC2)ccc1OC(F)F. The Morgan fingerprint density at radius 1 is 1.39 bits per heavy atom. The number of nitrogens with one attached hydrogen (secondary N) is 1. The molecule has 0 radical (unpaired) electrons. The van der Waals surface area contributed by atoms with Crippen LogP contribution in [-0.4, -0.2) is 36.1 Å². The second-order valence-corrected chi connectivity index (χ2v) is 6.80. The van der Waals surface area contributed by atoms with Gasteiger partial charge in [-0.25, -0.2) is 0 Å². The minimum atomic E-state index is -2.95. The predicted octanol–water partition coefficient (Wildman–Crippen LogP) is 2.07. The highest BCUT2D eigenvalue weighted by Gasteiger charge is 2.22. The Kier molecular flexibility index (Phi) is 6.32. The van der Waals surface area contributed by atoms with Crippen molar-refractivity contribution in [2.75, 3.05) is 19.4 Å². The number of methoxy groups -OCH3 is 1. The standard InChI is InChI=1S/C15H19F2NO4S/c1-21-13-6-11(4-5-12(13)22-15(16)17)8-23(20)9-14(19)18-7-10-2-3-10/h4-6,10,15H,2-3,7-9H2,1H3,(H,18,19)/t23-/m0/s1. The van der Waals surface area contributed by atoms with Crippen LogP contribution in [0.4, 0.5) is 8.78 Å². The number of carbonyl (C=O) groups excluding carboxylic acids is 1. The topological polar surface area (TPSA) is 64.6 Å². The smallest absolute Gasteiger partial charge is 0.387 e. The highest BCUT2D eigenvalue weighted by atomic mass is 32.2. The Morgan fingerprint density at radius 3 is 2.74 bits per heavy atom. The third kappa shape index (κ3) is 6.13. The van der Waals surface area contributed by atoms with E-state index in [1.165, 1.54) is 25.3 Å². The predicted molar refractivity (Wildman–Crippen MR) is 82.1 cm³/mol. The largest absolute Gasteiger partial charge is 0.493 e. The average Bonchev–Trinajstić information content (AvgIpc) is 3.30. The van der Waals surface area contributed by atoms with Crippen LogP contribution in [0.25, 0.3) is 0 Å². The lowest BCUT2D eigenvalue weighted by atomic mass is 10.2. The van der Waals surface area contributed by atoms with Crippen LogP contribution in [0.15, 0.2) is 18.2 Å². The zero-order valence-corrected chi connectivity index (χ0v) is 13.5.